The van der Waals surface area contributed by atoms with E-state index in [0.29, 0.717) is 0 Å². The van der Waals surface area contributed by atoms with Gasteiger partial charge in [-0.25, -0.2) is 4.98 Å². The number of pyridine rings is 1. The third-order valence-corrected chi connectivity index (χ3v) is 11.7. The van der Waals surface area contributed by atoms with Gasteiger partial charge in [-0.1, -0.05) is 133 Å². The molecule has 0 spiro atoms. The van der Waals surface area contributed by atoms with Crippen molar-refractivity contribution < 1.29 is 0 Å². The Morgan fingerprint density at radius 1 is 0.298 bits per heavy atom. The third-order valence-electron chi connectivity index (χ3n) is 11.7. The van der Waals surface area contributed by atoms with Crippen molar-refractivity contribution in [3.8, 4) is 39.4 Å². The van der Waals surface area contributed by atoms with Crippen LogP contribution in [0.15, 0.2) is 206 Å². The maximum absolute atomic E-state index is 5.05. The van der Waals surface area contributed by atoms with Crippen molar-refractivity contribution in [2.45, 2.75) is 0 Å². The molecule has 12 aromatic rings. The van der Waals surface area contributed by atoms with Gasteiger partial charge in [-0.05, 0) is 89.0 Å². The highest BCUT2D eigenvalue weighted by molar-refractivity contribution is 6.31. The Kier molecular flexibility index (Phi) is 6.89. The normalized spacial score (nSPS) is 11.9. The first-order chi connectivity index (χ1) is 28.3. The van der Waals surface area contributed by atoms with E-state index >= 15 is 0 Å². The van der Waals surface area contributed by atoms with Crippen LogP contribution in [0.3, 0.4) is 0 Å². The van der Waals surface area contributed by atoms with Gasteiger partial charge >= 0.3 is 0 Å². The number of hydrogen-bond acceptors (Lipinski definition) is 1. The summed E-state index contributed by atoms with van der Waals surface area (Å²) >= 11 is 0. The number of benzene rings is 8. The summed E-state index contributed by atoms with van der Waals surface area (Å²) < 4.78 is 7.26. The van der Waals surface area contributed by atoms with Crippen molar-refractivity contribution in [3.05, 3.63) is 206 Å². The lowest BCUT2D eigenvalue weighted by molar-refractivity contribution is 1.09. The summed E-state index contributed by atoms with van der Waals surface area (Å²) in [6.45, 7) is 0. The molecule has 0 radical (unpaired) electrons. The lowest BCUT2D eigenvalue weighted by Gasteiger charge is -2.12. The van der Waals surface area contributed by atoms with E-state index in [1.54, 1.807) is 0 Å². The monoisotopic (exact) mass is 726 g/mol. The number of hydrogen-bond donors (Lipinski definition) is 0. The first-order valence-electron chi connectivity index (χ1n) is 19.5. The maximum Gasteiger partial charge on any atom is 0.137 e. The molecule has 8 aromatic carbocycles. The fraction of sp³-hybridized carbons (Fsp3) is 0. The minimum atomic E-state index is 0.895. The number of rotatable bonds is 5. The van der Waals surface area contributed by atoms with Gasteiger partial charge in [0.05, 0.1) is 33.1 Å². The van der Waals surface area contributed by atoms with Gasteiger partial charge in [0, 0.05) is 49.9 Å². The van der Waals surface area contributed by atoms with Crippen molar-refractivity contribution in [2.75, 3.05) is 0 Å². The van der Waals surface area contributed by atoms with Gasteiger partial charge in [0.25, 0.3) is 0 Å². The molecule has 4 aromatic heterocycles. The summed E-state index contributed by atoms with van der Waals surface area (Å²) in [7, 11) is 0. The first-order valence-corrected chi connectivity index (χ1v) is 19.5. The van der Waals surface area contributed by atoms with Crippen LogP contribution in [-0.2, 0) is 0 Å². The summed E-state index contributed by atoms with van der Waals surface area (Å²) in [5, 5.41) is 7.26. The van der Waals surface area contributed by atoms with Gasteiger partial charge in [0.15, 0.2) is 0 Å². The molecule has 4 nitrogen and oxygen atoms in total. The molecule has 57 heavy (non-hydrogen) atoms. The zero-order valence-electron chi connectivity index (χ0n) is 30.9. The molecule has 0 aliphatic heterocycles. The zero-order chi connectivity index (χ0) is 37.5. The van der Waals surface area contributed by atoms with Crippen molar-refractivity contribution in [3.63, 3.8) is 0 Å². The summed E-state index contributed by atoms with van der Waals surface area (Å²) in [5.74, 6) is 0.895. The van der Waals surface area contributed by atoms with Gasteiger partial charge in [0.1, 0.15) is 5.82 Å². The number of fused-ring (bicyclic) bond motifs is 11. The van der Waals surface area contributed by atoms with E-state index in [9.17, 15) is 0 Å². The fourth-order valence-corrected chi connectivity index (χ4v) is 9.28. The molecule has 0 fully saturated rings. The summed E-state index contributed by atoms with van der Waals surface area (Å²) in [5.41, 5.74) is 14.0. The van der Waals surface area contributed by atoms with E-state index in [1.165, 1.54) is 71.1 Å². The Morgan fingerprint density at radius 3 is 1.42 bits per heavy atom. The van der Waals surface area contributed by atoms with Gasteiger partial charge in [-0.15, -0.1) is 0 Å². The lowest BCUT2D eigenvalue weighted by atomic mass is 9.99. The Balaban J connectivity index is 1.18. The van der Waals surface area contributed by atoms with E-state index < -0.39 is 0 Å². The van der Waals surface area contributed by atoms with Crippen molar-refractivity contribution >= 4 is 65.4 Å². The molecule has 4 heteroatoms. The molecule has 12 rings (SSSR count). The van der Waals surface area contributed by atoms with Crippen molar-refractivity contribution in [1.29, 1.82) is 0 Å². The zero-order valence-corrected chi connectivity index (χ0v) is 30.9. The van der Waals surface area contributed by atoms with Crippen LogP contribution in [-0.4, -0.2) is 18.7 Å². The topological polar surface area (TPSA) is 27.7 Å². The van der Waals surface area contributed by atoms with Gasteiger partial charge in [0.2, 0.25) is 0 Å². The molecule has 0 N–H and O–H groups in total. The molecule has 0 aliphatic carbocycles. The molecule has 4 heterocycles. The maximum atomic E-state index is 5.05. The highest BCUT2D eigenvalue weighted by atomic mass is 15.1. The van der Waals surface area contributed by atoms with E-state index in [2.05, 4.69) is 208 Å². The largest absolute Gasteiger partial charge is 0.309 e. The van der Waals surface area contributed by atoms with E-state index in [4.69, 9.17) is 4.98 Å². The van der Waals surface area contributed by atoms with E-state index in [-0.39, 0.29) is 0 Å². The van der Waals surface area contributed by atoms with E-state index in [0.717, 1.165) is 33.7 Å². The van der Waals surface area contributed by atoms with Crippen LogP contribution in [0.2, 0.25) is 0 Å². The Bertz CT molecular complexity index is 3500. The second-order valence-electron chi connectivity index (χ2n) is 14.8. The van der Waals surface area contributed by atoms with E-state index in [1.807, 2.05) is 12.3 Å². The smallest absolute Gasteiger partial charge is 0.137 e. The first kappa shape index (κ1) is 31.6. The van der Waals surface area contributed by atoms with Crippen molar-refractivity contribution in [2.24, 2.45) is 0 Å². The SMILES string of the molecule is c1ccc(-c2cccc(-c3cccc(-n4c5ccccc5c5c4ccc4c6ccc7c(c8ccccc8n7-c7ccccc7)c6n(-c6ccccn6)c45)c3)c2)cc1. The summed E-state index contributed by atoms with van der Waals surface area (Å²) in [6.07, 6.45) is 1.90. The average molecular weight is 727 g/mol. The highest BCUT2D eigenvalue weighted by Crippen LogP contribution is 2.46. The molecule has 0 saturated heterocycles. The molecule has 0 atom stereocenters. The third kappa shape index (κ3) is 4.71. The second-order valence-corrected chi connectivity index (χ2v) is 14.8. The highest BCUT2D eigenvalue weighted by Gasteiger charge is 2.25. The molecular formula is C53H34N4. The van der Waals surface area contributed by atoms with Crippen LogP contribution in [0.5, 0.6) is 0 Å². The Morgan fingerprint density at radius 2 is 0.789 bits per heavy atom. The Hall–Kier alpha value is -7.69. The lowest BCUT2D eigenvalue weighted by Crippen LogP contribution is -1.98. The quantitative estimate of drug-likeness (QED) is 0.174. The Labute approximate surface area is 328 Å². The molecule has 0 amide bonds. The van der Waals surface area contributed by atoms with Gasteiger partial charge in [-0.2, -0.15) is 0 Å². The molecule has 0 aliphatic rings. The average Bonchev–Trinajstić information content (AvgIpc) is 3.93. The standard InChI is InChI=1S/C53H34N4/c1-3-15-35(16-4-1)36-17-13-18-37(33-36)38-19-14-22-40(34-38)56-46-26-10-8-24-44(46)51-48(56)31-29-42-41-28-30-47-50(52(41)57(53(42)51)49-27-11-12-32-54-49)43-23-7-9-25-45(43)55(47)39-20-5-2-6-21-39/h1-34H. The second kappa shape index (κ2) is 12.4. The predicted molar refractivity (Wildman–Crippen MR) is 238 cm³/mol. The minimum Gasteiger partial charge on any atom is -0.309 e. The number of aromatic nitrogens is 4. The minimum absolute atomic E-state index is 0.895. The number of nitrogens with zero attached hydrogens (tertiary/aromatic N) is 4. The molecule has 0 saturated carbocycles. The predicted octanol–water partition coefficient (Wildman–Crippen LogP) is 13.7. The van der Waals surface area contributed by atoms with Gasteiger partial charge < -0.3 is 9.13 Å². The summed E-state index contributed by atoms with van der Waals surface area (Å²) in [4.78, 5) is 5.05. The van der Waals surface area contributed by atoms with Crippen LogP contribution < -0.4 is 0 Å². The van der Waals surface area contributed by atoms with Crippen LogP contribution in [0.1, 0.15) is 0 Å². The van der Waals surface area contributed by atoms with Crippen molar-refractivity contribution in [1.82, 2.24) is 18.7 Å². The summed E-state index contributed by atoms with van der Waals surface area (Å²) in [6, 6.07) is 72.2. The van der Waals surface area contributed by atoms with Crippen LogP contribution in [0, 0.1) is 0 Å². The van der Waals surface area contributed by atoms with Crippen LogP contribution in [0.4, 0.5) is 0 Å². The van der Waals surface area contributed by atoms with Crippen LogP contribution in [0.25, 0.3) is 105 Å². The number of para-hydroxylation sites is 3. The van der Waals surface area contributed by atoms with Gasteiger partial charge in [-0.3, -0.25) is 4.57 Å². The van der Waals surface area contributed by atoms with Crippen LogP contribution >= 0.6 is 0 Å². The molecule has 0 bridgehead atoms. The molecule has 266 valence electrons. The molecule has 0 unspecified atom stereocenters. The fourth-order valence-electron chi connectivity index (χ4n) is 9.28. The molecular weight excluding hydrogens is 693 g/mol.